The summed E-state index contributed by atoms with van der Waals surface area (Å²) in [5.41, 5.74) is 5.45. The van der Waals surface area contributed by atoms with Gasteiger partial charge in [-0.05, 0) is 62.5 Å². The first-order valence-electron chi connectivity index (χ1n) is 6.50. The first-order valence-corrected chi connectivity index (χ1v) is 6.50. The number of rotatable bonds is 5. The fourth-order valence-electron chi connectivity index (χ4n) is 2.52. The summed E-state index contributed by atoms with van der Waals surface area (Å²) in [5.74, 6) is 0. The van der Waals surface area contributed by atoms with Crippen LogP contribution in [-0.4, -0.2) is 18.1 Å². The summed E-state index contributed by atoms with van der Waals surface area (Å²) in [5, 5.41) is 4.80. The first-order chi connectivity index (χ1) is 8.22. The molecule has 17 heavy (non-hydrogen) atoms. The van der Waals surface area contributed by atoms with Gasteiger partial charge < -0.3 is 10.3 Å². The van der Waals surface area contributed by atoms with E-state index >= 15 is 0 Å². The van der Waals surface area contributed by atoms with Crippen LogP contribution in [-0.2, 0) is 6.42 Å². The van der Waals surface area contributed by atoms with Gasteiger partial charge in [-0.15, -0.1) is 0 Å². The van der Waals surface area contributed by atoms with E-state index in [-0.39, 0.29) is 0 Å². The maximum Gasteiger partial charge on any atom is 0.0462 e. The third-order valence-corrected chi connectivity index (χ3v) is 3.25. The van der Waals surface area contributed by atoms with Crippen molar-refractivity contribution in [3.05, 3.63) is 35.0 Å². The predicted molar refractivity (Wildman–Crippen MR) is 74.6 cm³/mol. The summed E-state index contributed by atoms with van der Waals surface area (Å²) < 4.78 is 0. The van der Waals surface area contributed by atoms with Gasteiger partial charge in [-0.2, -0.15) is 0 Å². The molecule has 0 saturated carbocycles. The molecule has 0 aliphatic heterocycles. The third-order valence-electron chi connectivity index (χ3n) is 3.25. The molecule has 0 saturated heterocycles. The van der Waals surface area contributed by atoms with Crippen molar-refractivity contribution in [2.45, 2.75) is 33.6 Å². The smallest absolute Gasteiger partial charge is 0.0462 e. The van der Waals surface area contributed by atoms with Crippen LogP contribution in [0.4, 0.5) is 0 Å². The van der Waals surface area contributed by atoms with E-state index in [1.165, 1.54) is 34.0 Å². The van der Waals surface area contributed by atoms with Crippen molar-refractivity contribution in [3.63, 3.8) is 0 Å². The second kappa shape index (κ2) is 5.37. The molecule has 0 unspecified atom stereocenters. The molecule has 2 heteroatoms. The minimum absolute atomic E-state index is 1.06. The highest BCUT2D eigenvalue weighted by atomic mass is 14.8. The molecule has 1 aromatic heterocycles. The summed E-state index contributed by atoms with van der Waals surface area (Å²) in [6.07, 6.45) is 4.52. The molecule has 0 amide bonds. The van der Waals surface area contributed by atoms with Crippen molar-refractivity contribution >= 4 is 10.9 Å². The zero-order chi connectivity index (χ0) is 12.3. The maximum atomic E-state index is 3.39. The Morgan fingerprint density at radius 2 is 2.06 bits per heavy atom. The Morgan fingerprint density at radius 1 is 1.24 bits per heavy atom. The zero-order valence-corrected chi connectivity index (χ0v) is 11.1. The number of aromatic amines is 1. The van der Waals surface area contributed by atoms with Crippen molar-refractivity contribution in [2.24, 2.45) is 0 Å². The highest BCUT2D eigenvalue weighted by Gasteiger charge is 2.06. The number of H-pyrrole nitrogens is 1. The average molecular weight is 230 g/mol. The molecule has 92 valence electrons. The number of hydrogen-bond donors (Lipinski definition) is 2. The van der Waals surface area contributed by atoms with E-state index < -0.39 is 0 Å². The van der Waals surface area contributed by atoms with Crippen molar-refractivity contribution in [2.75, 3.05) is 13.1 Å². The van der Waals surface area contributed by atoms with Crippen LogP contribution < -0.4 is 5.32 Å². The number of nitrogens with one attached hydrogen (secondary N) is 2. The lowest BCUT2D eigenvalue weighted by atomic mass is 10.0. The number of aromatic nitrogens is 1. The Kier molecular flexibility index (Phi) is 3.85. The molecular weight excluding hydrogens is 208 g/mol. The minimum Gasteiger partial charge on any atom is -0.361 e. The largest absolute Gasteiger partial charge is 0.361 e. The van der Waals surface area contributed by atoms with Gasteiger partial charge in [-0.3, -0.25) is 0 Å². The molecule has 0 spiro atoms. The van der Waals surface area contributed by atoms with Gasteiger partial charge in [-0.1, -0.05) is 13.0 Å². The number of benzene rings is 1. The molecule has 0 aliphatic rings. The molecular formula is C15H22N2. The van der Waals surface area contributed by atoms with Gasteiger partial charge >= 0.3 is 0 Å². The van der Waals surface area contributed by atoms with E-state index in [1.54, 1.807) is 0 Å². The molecule has 2 rings (SSSR count). The molecule has 1 aromatic carbocycles. The molecule has 0 radical (unpaired) electrons. The summed E-state index contributed by atoms with van der Waals surface area (Å²) >= 11 is 0. The van der Waals surface area contributed by atoms with Crippen LogP contribution in [0.15, 0.2) is 18.3 Å². The van der Waals surface area contributed by atoms with Gasteiger partial charge in [0.05, 0.1) is 0 Å². The van der Waals surface area contributed by atoms with Crippen LogP contribution in [0.25, 0.3) is 10.9 Å². The monoisotopic (exact) mass is 230 g/mol. The van der Waals surface area contributed by atoms with Crippen LogP contribution in [0.2, 0.25) is 0 Å². The van der Waals surface area contributed by atoms with Crippen LogP contribution in [0.5, 0.6) is 0 Å². The SMILES string of the molecule is CCNCCCc1c[nH]c2cc(C)cc(C)c12. The van der Waals surface area contributed by atoms with Crippen LogP contribution in [0.1, 0.15) is 30.0 Å². The topological polar surface area (TPSA) is 27.8 Å². The molecule has 0 aliphatic carbocycles. The summed E-state index contributed by atoms with van der Waals surface area (Å²) in [4.78, 5) is 3.39. The molecule has 0 bridgehead atoms. The first kappa shape index (κ1) is 12.2. The molecule has 0 fully saturated rings. The fourth-order valence-corrected chi connectivity index (χ4v) is 2.52. The number of fused-ring (bicyclic) bond motifs is 1. The van der Waals surface area contributed by atoms with E-state index in [0.29, 0.717) is 0 Å². The second-order valence-electron chi connectivity index (χ2n) is 4.78. The van der Waals surface area contributed by atoms with E-state index in [9.17, 15) is 0 Å². The second-order valence-corrected chi connectivity index (χ2v) is 4.78. The third kappa shape index (κ3) is 2.70. The van der Waals surface area contributed by atoms with E-state index in [2.05, 4.69) is 49.4 Å². The summed E-state index contributed by atoms with van der Waals surface area (Å²) in [6.45, 7) is 8.67. The summed E-state index contributed by atoms with van der Waals surface area (Å²) in [7, 11) is 0. The number of aryl methyl sites for hydroxylation is 3. The Labute approximate surface area is 103 Å². The van der Waals surface area contributed by atoms with Gasteiger partial charge in [0.25, 0.3) is 0 Å². The van der Waals surface area contributed by atoms with Crippen LogP contribution in [0.3, 0.4) is 0 Å². The van der Waals surface area contributed by atoms with Crippen molar-refractivity contribution < 1.29 is 0 Å². The normalized spacial score (nSPS) is 11.2. The Balaban J connectivity index is 2.18. The summed E-state index contributed by atoms with van der Waals surface area (Å²) in [6, 6.07) is 4.50. The Bertz CT molecular complexity index is 497. The maximum absolute atomic E-state index is 3.39. The van der Waals surface area contributed by atoms with E-state index in [0.717, 1.165) is 19.5 Å². The fraction of sp³-hybridized carbons (Fsp3) is 0.467. The Morgan fingerprint density at radius 3 is 2.82 bits per heavy atom. The van der Waals surface area contributed by atoms with E-state index in [4.69, 9.17) is 0 Å². The average Bonchev–Trinajstić information content (AvgIpc) is 2.68. The van der Waals surface area contributed by atoms with Gasteiger partial charge in [0.15, 0.2) is 0 Å². The van der Waals surface area contributed by atoms with Gasteiger partial charge in [-0.25, -0.2) is 0 Å². The highest BCUT2D eigenvalue weighted by molar-refractivity contribution is 5.87. The predicted octanol–water partition coefficient (Wildman–Crippen LogP) is 3.33. The van der Waals surface area contributed by atoms with Gasteiger partial charge in [0, 0.05) is 17.1 Å². The van der Waals surface area contributed by atoms with Crippen molar-refractivity contribution in [1.29, 1.82) is 0 Å². The lowest BCUT2D eigenvalue weighted by molar-refractivity contribution is 0.674. The standard InChI is InChI=1S/C15H22N2/c1-4-16-7-5-6-13-10-17-14-9-11(2)8-12(3)15(13)14/h8-10,16-17H,4-7H2,1-3H3. The van der Waals surface area contributed by atoms with Crippen molar-refractivity contribution in [3.8, 4) is 0 Å². The number of hydrogen-bond acceptors (Lipinski definition) is 1. The molecule has 2 nitrogen and oxygen atoms in total. The molecule has 2 aromatic rings. The van der Waals surface area contributed by atoms with Crippen molar-refractivity contribution in [1.82, 2.24) is 10.3 Å². The zero-order valence-electron chi connectivity index (χ0n) is 11.1. The lowest BCUT2D eigenvalue weighted by Crippen LogP contribution is -2.14. The lowest BCUT2D eigenvalue weighted by Gasteiger charge is -2.04. The van der Waals surface area contributed by atoms with Crippen LogP contribution in [0, 0.1) is 13.8 Å². The molecule has 2 N–H and O–H groups in total. The minimum atomic E-state index is 1.06. The van der Waals surface area contributed by atoms with Gasteiger partial charge in [0.2, 0.25) is 0 Å². The molecule has 1 heterocycles. The van der Waals surface area contributed by atoms with Crippen LogP contribution >= 0.6 is 0 Å². The quantitative estimate of drug-likeness (QED) is 0.758. The molecule has 0 atom stereocenters. The Hall–Kier alpha value is -1.28. The van der Waals surface area contributed by atoms with E-state index in [1.807, 2.05) is 0 Å². The highest BCUT2D eigenvalue weighted by Crippen LogP contribution is 2.24. The van der Waals surface area contributed by atoms with Gasteiger partial charge in [0.1, 0.15) is 0 Å².